The molecule has 3 atom stereocenters. The van der Waals surface area contributed by atoms with E-state index in [1.807, 2.05) is 12.2 Å². The van der Waals surface area contributed by atoms with Crippen LogP contribution in [0.5, 0.6) is 0 Å². The van der Waals surface area contributed by atoms with Gasteiger partial charge in [0.1, 0.15) is 6.04 Å². The fraction of sp³-hybridized carbons (Fsp3) is 0.706. The third-order valence-electron chi connectivity index (χ3n) is 4.74. The van der Waals surface area contributed by atoms with Crippen LogP contribution in [0, 0.1) is 11.8 Å². The zero-order chi connectivity index (χ0) is 19.3. The smallest absolute Gasteiger partial charge is 0.329 e. The molecule has 0 radical (unpaired) electrons. The number of imide groups is 2. The summed E-state index contributed by atoms with van der Waals surface area (Å²) in [6, 6.07) is -1.77. The van der Waals surface area contributed by atoms with Gasteiger partial charge in [-0.25, -0.2) is 9.59 Å². The number of ether oxygens (including phenoxy) is 1. The molecule has 0 unspecified atom stereocenters. The van der Waals surface area contributed by atoms with Crippen LogP contribution in [0.2, 0.25) is 0 Å². The van der Waals surface area contributed by atoms with Crippen LogP contribution in [-0.4, -0.2) is 53.8 Å². The zero-order valence-electron chi connectivity index (χ0n) is 15.1. The number of hydrogen-bond acceptors (Lipinski definition) is 6. The van der Waals surface area contributed by atoms with Gasteiger partial charge in [-0.15, -0.1) is 0 Å². The number of nitrogens with zero attached hydrogens (tertiary/aromatic N) is 1. The molecule has 2 fully saturated rings. The van der Waals surface area contributed by atoms with Gasteiger partial charge < -0.3 is 10.1 Å². The fourth-order valence-corrected chi connectivity index (χ4v) is 3.38. The average Bonchev–Trinajstić information content (AvgIpc) is 2.88. The quantitative estimate of drug-likeness (QED) is 0.515. The van der Waals surface area contributed by atoms with E-state index in [0.29, 0.717) is 25.8 Å². The van der Waals surface area contributed by atoms with E-state index in [2.05, 4.69) is 5.32 Å². The number of rotatable bonds is 6. The van der Waals surface area contributed by atoms with Crippen molar-refractivity contribution in [3.63, 3.8) is 0 Å². The van der Waals surface area contributed by atoms with Crippen LogP contribution >= 0.6 is 0 Å². The summed E-state index contributed by atoms with van der Waals surface area (Å²) in [6.07, 6.45) is 3.82. The molecule has 144 valence electrons. The number of esters is 1. The van der Waals surface area contributed by atoms with Gasteiger partial charge in [0, 0.05) is 6.54 Å². The molecule has 1 saturated heterocycles. The molecular weight excluding hydrogens is 342 g/mol. The summed E-state index contributed by atoms with van der Waals surface area (Å²) >= 11 is 0. The van der Waals surface area contributed by atoms with Crippen molar-refractivity contribution in [1.82, 2.24) is 15.5 Å². The van der Waals surface area contributed by atoms with E-state index in [0.717, 1.165) is 17.7 Å². The molecule has 9 nitrogen and oxygen atoms in total. The SMILES string of the molecule is CCCNC(=O)NC(=O)COC(=O)[C@H](C)N1C(=O)[C@H]2CCCC[C@H]2C1=O. The van der Waals surface area contributed by atoms with Crippen LogP contribution in [0.15, 0.2) is 0 Å². The van der Waals surface area contributed by atoms with Crippen molar-refractivity contribution in [2.24, 2.45) is 11.8 Å². The summed E-state index contributed by atoms with van der Waals surface area (Å²) in [6.45, 7) is 3.02. The second-order valence-electron chi connectivity index (χ2n) is 6.63. The number of amides is 5. The first-order valence-corrected chi connectivity index (χ1v) is 8.98. The summed E-state index contributed by atoms with van der Waals surface area (Å²) in [5.74, 6) is -3.02. The van der Waals surface area contributed by atoms with Crippen molar-refractivity contribution in [1.29, 1.82) is 0 Å². The molecule has 5 amide bonds. The molecule has 1 saturated carbocycles. The molecule has 1 heterocycles. The Morgan fingerprint density at radius 2 is 1.73 bits per heavy atom. The van der Waals surface area contributed by atoms with Crippen molar-refractivity contribution >= 4 is 29.7 Å². The Morgan fingerprint density at radius 3 is 2.27 bits per heavy atom. The Morgan fingerprint density at radius 1 is 1.15 bits per heavy atom. The van der Waals surface area contributed by atoms with E-state index in [1.54, 1.807) is 0 Å². The van der Waals surface area contributed by atoms with Crippen LogP contribution in [-0.2, 0) is 23.9 Å². The van der Waals surface area contributed by atoms with E-state index < -0.39 is 30.6 Å². The molecule has 0 aromatic carbocycles. The van der Waals surface area contributed by atoms with Gasteiger partial charge in [0.15, 0.2) is 6.61 Å². The summed E-state index contributed by atoms with van der Waals surface area (Å²) in [5, 5.41) is 4.47. The van der Waals surface area contributed by atoms with Crippen LogP contribution in [0.4, 0.5) is 4.79 Å². The third-order valence-corrected chi connectivity index (χ3v) is 4.74. The molecule has 0 aromatic rings. The minimum Gasteiger partial charge on any atom is -0.454 e. The van der Waals surface area contributed by atoms with Crippen molar-refractivity contribution < 1.29 is 28.7 Å². The molecule has 1 aliphatic heterocycles. The van der Waals surface area contributed by atoms with Crippen LogP contribution in [0.25, 0.3) is 0 Å². The van der Waals surface area contributed by atoms with Gasteiger partial charge in [-0.2, -0.15) is 0 Å². The molecule has 9 heteroatoms. The second-order valence-corrected chi connectivity index (χ2v) is 6.63. The molecule has 1 aliphatic carbocycles. The summed E-state index contributed by atoms with van der Waals surface area (Å²) < 4.78 is 4.86. The van der Waals surface area contributed by atoms with E-state index in [9.17, 15) is 24.0 Å². The topological polar surface area (TPSA) is 122 Å². The summed E-state index contributed by atoms with van der Waals surface area (Å²) in [5.41, 5.74) is 0. The first-order valence-electron chi connectivity index (χ1n) is 8.98. The monoisotopic (exact) mass is 367 g/mol. The average molecular weight is 367 g/mol. The third kappa shape index (κ3) is 4.39. The van der Waals surface area contributed by atoms with E-state index in [1.165, 1.54) is 6.92 Å². The highest BCUT2D eigenvalue weighted by molar-refractivity contribution is 6.08. The lowest BCUT2D eigenvalue weighted by molar-refractivity contribution is -0.159. The van der Waals surface area contributed by atoms with Crippen molar-refractivity contribution in [3.05, 3.63) is 0 Å². The summed E-state index contributed by atoms with van der Waals surface area (Å²) in [7, 11) is 0. The largest absolute Gasteiger partial charge is 0.454 e. The Labute approximate surface area is 151 Å². The maximum atomic E-state index is 12.4. The number of carbonyl (C=O) groups is 5. The highest BCUT2D eigenvalue weighted by atomic mass is 16.5. The number of hydrogen-bond donors (Lipinski definition) is 2. The van der Waals surface area contributed by atoms with Crippen molar-refractivity contribution in [3.8, 4) is 0 Å². The predicted octanol–water partition coefficient (Wildman–Crippen LogP) is 0.329. The lowest BCUT2D eigenvalue weighted by atomic mass is 9.81. The van der Waals surface area contributed by atoms with Crippen LogP contribution in [0.3, 0.4) is 0 Å². The van der Waals surface area contributed by atoms with Gasteiger partial charge in [-0.1, -0.05) is 19.8 Å². The van der Waals surface area contributed by atoms with Crippen LogP contribution in [0.1, 0.15) is 46.0 Å². The predicted molar refractivity (Wildman–Crippen MR) is 89.6 cm³/mol. The van der Waals surface area contributed by atoms with Gasteiger partial charge in [0.05, 0.1) is 11.8 Å². The van der Waals surface area contributed by atoms with Crippen molar-refractivity contribution in [2.75, 3.05) is 13.2 Å². The van der Waals surface area contributed by atoms with E-state index in [-0.39, 0.29) is 23.7 Å². The molecule has 2 N–H and O–H groups in total. The van der Waals surface area contributed by atoms with E-state index in [4.69, 9.17) is 4.74 Å². The normalized spacial score (nSPS) is 23.2. The van der Waals surface area contributed by atoms with E-state index >= 15 is 0 Å². The first kappa shape index (κ1) is 19.9. The zero-order valence-corrected chi connectivity index (χ0v) is 15.1. The van der Waals surface area contributed by atoms with Crippen molar-refractivity contribution in [2.45, 2.75) is 52.0 Å². The molecule has 0 aromatic heterocycles. The minimum atomic E-state index is -1.10. The number of carbonyl (C=O) groups excluding carboxylic acids is 5. The highest BCUT2D eigenvalue weighted by Crippen LogP contribution is 2.38. The molecule has 2 aliphatic rings. The molecule has 0 bridgehead atoms. The molecule has 2 rings (SSSR count). The Bertz CT molecular complexity index is 581. The molecular formula is C17H25N3O6. The van der Waals surface area contributed by atoms with Crippen LogP contribution < -0.4 is 10.6 Å². The maximum Gasteiger partial charge on any atom is 0.329 e. The Balaban J connectivity index is 1.85. The van der Waals surface area contributed by atoms with Gasteiger partial charge in [0.2, 0.25) is 11.8 Å². The first-order chi connectivity index (χ1) is 12.4. The van der Waals surface area contributed by atoms with Gasteiger partial charge >= 0.3 is 12.0 Å². The second kappa shape index (κ2) is 8.77. The number of nitrogens with one attached hydrogen (secondary N) is 2. The number of urea groups is 1. The molecule has 0 spiro atoms. The van der Waals surface area contributed by atoms with Gasteiger partial charge in [-0.05, 0) is 26.2 Å². The number of fused-ring (bicyclic) bond motifs is 1. The fourth-order valence-electron chi connectivity index (χ4n) is 3.38. The van der Waals surface area contributed by atoms with Gasteiger partial charge in [0.25, 0.3) is 5.91 Å². The standard InChI is InChI=1S/C17H25N3O6/c1-3-8-18-17(25)19-13(21)9-26-16(24)10(2)20-14(22)11-6-4-5-7-12(11)15(20)23/h10-12H,3-9H2,1-2H3,(H2,18,19,21,25)/t10-,11-,12+/m0/s1. The maximum absolute atomic E-state index is 12.4. The molecule has 26 heavy (non-hydrogen) atoms. The number of likely N-dealkylation sites (tertiary alicyclic amines) is 1. The minimum absolute atomic E-state index is 0.340. The Kier molecular flexibility index (Phi) is 6.70. The highest BCUT2D eigenvalue weighted by Gasteiger charge is 2.51. The van der Waals surface area contributed by atoms with Gasteiger partial charge in [-0.3, -0.25) is 24.6 Å². The summed E-state index contributed by atoms with van der Waals surface area (Å²) in [4.78, 5) is 60.9. The lowest BCUT2D eigenvalue weighted by Crippen LogP contribution is -2.46. The lowest BCUT2D eigenvalue weighted by Gasteiger charge is -2.21. The Hall–Kier alpha value is -2.45.